The summed E-state index contributed by atoms with van der Waals surface area (Å²) in [6, 6.07) is 24.2. The molecule has 7 heteroatoms. The van der Waals surface area contributed by atoms with Crippen molar-refractivity contribution in [3.63, 3.8) is 0 Å². The van der Waals surface area contributed by atoms with E-state index < -0.39 is 6.04 Å². The largest absolute Gasteiger partial charge is 0.447 e. The van der Waals surface area contributed by atoms with Gasteiger partial charge in [0.05, 0.1) is 17.6 Å². The monoisotopic (exact) mass is 426 g/mol. The number of carbonyl (C=O) groups is 2. The van der Waals surface area contributed by atoms with Gasteiger partial charge in [-0.05, 0) is 42.0 Å². The van der Waals surface area contributed by atoms with Gasteiger partial charge in [-0.3, -0.25) is 9.69 Å². The van der Waals surface area contributed by atoms with Gasteiger partial charge in [-0.25, -0.2) is 9.78 Å². The Morgan fingerprint density at radius 2 is 1.72 bits per heavy atom. The first-order chi connectivity index (χ1) is 15.6. The smallest absolute Gasteiger partial charge is 0.414 e. The van der Waals surface area contributed by atoms with Crippen LogP contribution in [0.5, 0.6) is 0 Å². The van der Waals surface area contributed by atoms with Crippen LogP contribution in [0.2, 0.25) is 0 Å². The summed E-state index contributed by atoms with van der Waals surface area (Å²) in [7, 11) is 1.96. The molecule has 0 bridgehead atoms. The molecule has 1 fully saturated rings. The number of aryl methyl sites for hydroxylation is 1. The SMILES string of the molecule is Cn1c(C(NC(=O)c2ccc(N3CCOC3=O)cc2)c2ccccc2)nc2ccccc21. The Morgan fingerprint density at radius 1 is 1.00 bits per heavy atom. The van der Waals surface area contributed by atoms with Crippen molar-refractivity contribution in [2.75, 3.05) is 18.1 Å². The molecular formula is C25H22N4O3. The molecule has 160 valence electrons. The van der Waals surface area contributed by atoms with Crippen molar-refractivity contribution in [1.82, 2.24) is 14.9 Å². The van der Waals surface area contributed by atoms with Crippen LogP contribution in [-0.2, 0) is 11.8 Å². The molecular weight excluding hydrogens is 404 g/mol. The summed E-state index contributed by atoms with van der Waals surface area (Å²) in [6.07, 6.45) is -0.367. The zero-order valence-corrected chi connectivity index (χ0v) is 17.6. The number of cyclic esters (lactones) is 1. The first-order valence-electron chi connectivity index (χ1n) is 10.4. The van der Waals surface area contributed by atoms with E-state index in [0.29, 0.717) is 24.4 Å². The summed E-state index contributed by atoms with van der Waals surface area (Å²) >= 11 is 0. The number of amides is 2. The van der Waals surface area contributed by atoms with Gasteiger partial charge >= 0.3 is 6.09 Å². The summed E-state index contributed by atoms with van der Waals surface area (Å²) in [5.74, 6) is 0.531. The van der Waals surface area contributed by atoms with E-state index >= 15 is 0 Å². The molecule has 5 rings (SSSR count). The van der Waals surface area contributed by atoms with Crippen LogP contribution in [-0.4, -0.2) is 34.7 Å². The van der Waals surface area contributed by atoms with Crippen LogP contribution < -0.4 is 10.2 Å². The number of rotatable bonds is 5. The summed E-state index contributed by atoms with van der Waals surface area (Å²) < 4.78 is 6.99. The van der Waals surface area contributed by atoms with Gasteiger partial charge < -0.3 is 14.6 Å². The average Bonchev–Trinajstić information content (AvgIpc) is 3.41. The molecule has 3 aromatic carbocycles. The second-order valence-corrected chi connectivity index (χ2v) is 7.65. The fourth-order valence-corrected chi connectivity index (χ4v) is 4.00. The lowest BCUT2D eigenvalue weighted by Gasteiger charge is -2.20. The van der Waals surface area contributed by atoms with Crippen LogP contribution in [0.25, 0.3) is 11.0 Å². The lowest BCUT2D eigenvalue weighted by atomic mass is 10.1. The zero-order valence-electron chi connectivity index (χ0n) is 17.6. The Hall–Kier alpha value is -4.13. The Kier molecular flexibility index (Phi) is 5.07. The van der Waals surface area contributed by atoms with E-state index in [1.807, 2.05) is 66.2 Å². The molecule has 1 aliphatic heterocycles. The lowest BCUT2D eigenvalue weighted by Crippen LogP contribution is -2.31. The number of anilines is 1. The van der Waals surface area contributed by atoms with Gasteiger partial charge in [0.1, 0.15) is 18.5 Å². The molecule has 1 saturated heterocycles. The highest BCUT2D eigenvalue weighted by Crippen LogP contribution is 2.26. The van der Waals surface area contributed by atoms with E-state index in [0.717, 1.165) is 22.4 Å². The van der Waals surface area contributed by atoms with Crippen LogP contribution in [0.1, 0.15) is 27.8 Å². The molecule has 1 unspecified atom stereocenters. The predicted molar refractivity (Wildman–Crippen MR) is 122 cm³/mol. The first kappa shape index (κ1) is 19.8. The number of para-hydroxylation sites is 2. The number of imidazole rings is 1. The average molecular weight is 426 g/mol. The van der Waals surface area contributed by atoms with Gasteiger partial charge in [0.15, 0.2) is 0 Å². The molecule has 0 radical (unpaired) electrons. The highest BCUT2D eigenvalue weighted by molar-refractivity contribution is 5.96. The summed E-state index contributed by atoms with van der Waals surface area (Å²) in [4.78, 5) is 31.3. The molecule has 32 heavy (non-hydrogen) atoms. The van der Waals surface area contributed by atoms with Crippen molar-refractivity contribution < 1.29 is 14.3 Å². The minimum atomic E-state index is -0.422. The number of hydrogen-bond acceptors (Lipinski definition) is 4. The molecule has 1 atom stereocenters. The van der Waals surface area contributed by atoms with Crippen molar-refractivity contribution in [2.45, 2.75) is 6.04 Å². The fourth-order valence-electron chi connectivity index (χ4n) is 4.00. The number of nitrogens with zero attached hydrogens (tertiary/aromatic N) is 3. The van der Waals surface area contributed by atoms with Crippen LogP contribution >= 0.6 is 0 Å². The number of aromatic nitrogens is 2. The molecule has 0 saturated carbocycles. The predicted octanol–water partition coefficient (Wildman–Crippen LogP) is 4.05. The van der Waals surface area contributed by atoms with Gasteiger partial charge in [-0.1, -0.05) is 42.5 Å². The Bertz CT molecular complexity index is 1280. The Balaban J connectivity index is 1.46. The van der Waals surface area contributed by atoms with Crippen LogP contribution in [0, 0.1) is 0 Å². The second kappa shape index (κ2) is 8.19. The Labute approximate surface area is 185 Å². The molecule has 2 heterocycles. The molecule has 2 amide bonds. The molecule has 1 N–H and O–H groups in total. The molecule has 0 aliphatic carbocycles. The summed E-state index contributed by atoms with van der Waals surface area (Å²) in [5.41, 5.74) is 4.03. The second-order valence-electron chi connectivity index (χ2n) is 7.65. The van der Waals surface area contributed by atoms with Crippen molar-refractivity contribution >= 4 is 28.7 Å². The molecule has 7 nitrogen and oxygen atoms in total. The van der Waals surface area contributed by atoms with E-state index in [1.165, 1.54) is 0 Å². The molecule has 1 aliphatic rings. The maximum absolute atomic E-state index is 13.2. The van der Waals surface area contributed by atoms with Crippen molar-refractivity contribution in [3.05, 3.63) is 95.8 Å². The van der Waals surface area contributed by atoms with E-state index in [9.17, 15) is 9.59 Å². The Morgan fingerprint density at radius 3 is 2.41 bits per heavy atom. The van der Waals surface area contributed by atoms with Gasteiger partial charge in [-0.15, -0.1) is 0 Å². The van der Waals surface area contributed by atoms with Gasteiger partial charge in [-0.2, -0.15) is 0 Å². The molecule has 1 aromatic heterocycles. The van der Waals surface area contributed by atoms with E-state index in [1.54, 1.807) is 29.2 Å². The molecule has 4 aromatic rings. The third-order valence-corrected chi connectivity index (χ3v) is 5.69. The topological polar surface area (TPSA) is 76.5 Å². The lowest BCUT2D eigenvalue weighted by molar-refractivity contribution is 0.0941. The molecule has 0 spiro atoms. The number of carbonyl (C=O) groups excluding carboxylic acids is 2. The van der Waals surface area contributed by atoms with E-state index in [-0.39, 0.29) is 12.0 Å². The fraction of sp³-hybridized carbons (Fsp3) is 0.160. The number of hydrogen-bond donors (Lipinski definition) is 1. The van der Waals surface area contributed by atoms with Gasteiger partial charge in [0.25, 0.3) is 5.91 Å². The summed E-state index contributed by atoms with van der Waals surface area (Å²) in [6.45, 7) is 0.880. The van der Waals surface area contributed by atoms with Crippen LogP contribution in [0.4, 0.5) is 10.5 Å². The van der Waals surface area contributed by atoms with E-state index in [4.69, 9.17) is 9.72 Å². The number of fused-ring (bicyclic) bond motifs is 1. The highest BCUT2D eigenvalue weighted by Gasteiger charge is 2.25. The normalized spacial score (nSPS) is 14.4. The first-order valence-corrected chi connectivity index (χ1v) is 10.4. The third-order valence-electron chi connectivity index (χ3n) is 5.69. The highest BCUT2D eigenvalue weighted by atomic mass is 16.6. The summed E-state index contributed by atoms with van der Waals surface area (Å²) in [5, 5.41) is 3.14. The van der Waals surface area contributed by atoms with Crippen molar-refractivity contribution in [3.8, 4) is 0 Å². The van der Waals surface area contributed by atoms with Gasteiger partial charge in [0.2, 0.25) is 0 Å². The maximum Gasteiger partial charge on any atom is 0.414 e. The van der Waals surface area contributed by atoms with Crippen LogP contribution in [0.3, 0.4) is 0 Å². The number of benzene rings is 3. The van der Waals surface area contributed by atoms with Crippen molar-refractivity contribution in [1.29, 1.82) is 0 Å². The van der Waals surface area contributed by atoms with Gasteiger partial charge in [0, 0.05) is 18.3 Å². The maximum atomic E-state index is 13.2. The number of ether oxygens (including phenoxy) is 1. The quantitative estimate of drug-likeness (QED) is 0.522. The number of nitrogens with one attached hydrogen (secondary N) is 1. The van der Waals surface area contributed by atoms with Crippen LogP contribution in [0.15, 0.2) is 78.9 Å². The third kappa shape index (κ3) is 3.58. The standard InChI is InChI=1S/C25H22N4O3/c1-28-21-10-6-5-9-20(21)26-23(28)22(17-7-3-2-4-8-17)27-24(30)18-11-13-19(14-12-18)29-15-16-32-25(29)31/h2-14,22H,15-16H2,1H3,(H,27,30). The van der Waals surface area contributed by atoms with Crippen molar-refractivity contribution in [2.24, 2.45) is 7.05 Å². The minimum absolute atomic E-state index is 0.221. The zero-order chi connectivity index (χ0) is 22.1. The minimum Gasteiger partial charge on any atom is -0.447 e. The van der Waals surface area contributed by atoms with E-state index in [2.05, 4.69) is 5.32 Å².